The third kappa shape index (κ3) is 4.58. The Morgan fingerprint density at radius 1 is 1.22 bits per heavy atom. The van der Waals surface area contributed by atoms with E-state index < -0.39 is 33.0 Å². The number of benzene rings is 1. The maximum atomic E-state index is 12.8. The number of hydrogen-bond acceptors (Lipinski definition) is 6. The van der Waals surface area contributed by atoms with E-state index >= 15 is 0 Å². The molecule has 146 valence electrons. The number of alkyl halides is 3. The third-order valence-electron chi connectivity index (χ3n) is 3.35. The number of ether oxygens (including phenoxy) is 2. The molecule has 12 heteroatoms. The van der Waals surface area contributed by atoms with Crippen LogP contribution in [0.15, 0.2) is 41.6 Å². The lowest BCUT2D eigenvalue weighted by Crippen LogP contribution is -2.28. The predicted octanol–water partition coefficient (Wildman–Crippen LogP) is 2.51. The number of halogens is 3. The van der Waals surface area contributed by atoms with Gasteiger partial charge in [0.15, 0.2) is 0 Å². The van der Waals surface area contributed by atoms with Gasteiger partial charge in [-0.15, -0.1) is 13.2 Å². The molecular formula is C15H13F3N2O6S. The number of carboxylic acids is 1. The quantitative estimate of drug-likeness (QED) is 0.786. The van der Waals surface area contributed by atoms with Crippen molar-refractivity contribution < 1.29 is 41.0 Å². The van der Waals surface area contributed by atoms with Gasteiger partial charge in [0.2, 0.25) is 0 Å². The van der Waals surface area contributed by atoms with Crippen molar-refractivity contribution in [2.24, 2.45) is 0 Å². The van der Waals surface area contributed by atoms with Crippen LogP contribution in [0.3, 0.4) is 0 Å². The second-order valence-corrected chi connectivity index (χ2v) is 7.01. The van der Waals surface area contributed by atoms with Crippen LogP contribution in [0.1, 0.15) is 10.4 Å². The summed E-state index contributed by atoms with van der Waals surface area (Å²) in [6, 6.07) is 3.78. The summed E-state index contributed by atoms with van der Waals surface area (Å²) in [5.74, 6) is -2.33. The predicted molar refractivity (Wildman–Crippen MR) is 86.5 cm³/mol. The molecule has 0 aliphatic heterocycles. The number of aromatic carboxylic acids is 1. The summed E-state index contributed by atoms with van der Waals surface area (Å²) in [6.45, 7) is 0. The van der Waals surface area contributed by atoms with Crippen molar-refractivity contribution in [1.29, 1.82) is 0 Å². The first-order valence-electron chi connectivity index (χ1n) is 7.07. The minimum absolute atomic E-state index is 0.0195. The molecule has 0 radical (unpaired) electrons. The lowest BCUT2D eigenvalue weighted by atomic mass is 10.3. The molecule has 0 saturated heterocycles. The van der Waals surface area contributed by atoms with E-state index in [4.69, 9.17) is 9.84 Å². The van der Waals surface area contributed by atoms with Gasteiger partial charge in [-0.1, -0.05) is 0 Å². The molecule has 27 heavy (non-hydrogen) atoms. The normalized spacial score (nSPS) is 11.7. The van der Waals surface area contributed by atoms with Gasteiger partial charge in [-0.3, -0.25) is 9.29 Å². The van der Waals surface area contributed by atoms with Gasteiger partial charge in [-0.25, -0.2) is 13.2 Å². The number of carbonyl (C=O) groups is 1. The zero-order valence-electron chi connectivity index (χ0n) is 13.9. The van der Waals surface area contributed by atoms with Gasteiger partial charge in [-0.05, 0) is 18.2 Å². The zero-order chi connectivity index (χ0) is 20.4. The highest BCUT2D eigenvalue weighted by atomic mass is 32.2. The van der Waals surface area contributed by atoms with E-state index in [9.17, 15) is 26.4 Å². The van der Waals surface area contributed by atoms with Gasteiger partial charge in [0.25, 0.3) is 10.0 Å². The van der Waals surface area contributed by atoms with Crippen molar-refractivity contribution in [3.8, 4) is 11.5 Å². The maximum absolute atomic E-state index is 12.8. The Labute approximate surface area is 151 Å². The number of nitrogens with zero attached hydrogens (tertiary/aromatic N) is 2. The second kappa shape index (κ2) is 7.31. The largest absolute Gasteiger partial charge is 0.573 e. The van der Waals surface area contributed by atoms with Crippen molar-refractivity contribution in [3.05, 3.63) is 42.2 Å². The number of pyridine rings is 1. The number of aromatic nitrogens is 1. The summed E-state index contributed by atoms with van der Waals surface area (Å²) >= 11 is 0. The fourth-order valence-electron chi connectivity index (χ4n) is 2.03. The lowest BCUT2D eigenvalue weighted by molar-refractivity contribution is -0.275. The summed E-state index contributed by atoms with van der Waals surface area (Å²) in [6.07, 6.45) is -3.08. The molecule has 2 rings (SSSR count). The van der Waals surface area contributed by atoms with Crippen LogP contribution in [-0.2, 0) is 10.0 Å². The molecule has 0 bridgehead atoms. The SMILES string of the molecule is COc1ccc(OC(F)(F)F)c(S(=O)(=O)N(C)c2cncc(C(=O)O)c2)c1. The van der Waals surface area contributed by atoms with E-state index in [1.807, 2.05) is 0 Å². The van der Waals surface area contributed by atoms with Gasteiger partial charge in [0, 0.05) is 19.3 Å². The Morgan fingerprint density at radius 3 is 2.44 bits per heavy atom. The van der Waals surface area contributed by atoms with Crippen LogP contribution in [0, 0.1) is 0 Å². The maximum Gasteiger partial charge on any atom is 0.573 e. The first-order chi connectivity index (χ1) is 12.5. The molecule has 0 aliphatic carbocycles. The number of anilines is 1. The highest BCUT2D eigenvalue weighted by molar-refractivity contribution is 7.92. The van der Waals surface area contributed by atoms with Crippen molar-refractivity contribution in [2.75, 3.05) is 18.5 Å². The number of methoxy groups -OCH3 is 1. The summed E-state index contributed by atoms with van der Waals surface area (Å²) in [7, 11) is -2.33. The zero-order valence-corrected chi connectivity index (χ0v) is 14.7. The van der Waals surface area contributed by atoms with Crippen molar-refractivity contribution in [1.82, 2.24) is 4.98 Å². The monoisotopic (exact) mass is 406 g/mol. The number of rotatable bonds is 6. The van der Waals surface area contributed by atoms with E-state index in [1.54, 1.807) is 0 Å². The molecule has 1 N–H and O–H groups in total. The molecule has 0 spiro atoms. The molecule has 0 atom stereocenters. The molecule has 8 nitrogen and oxygen atoms in total. The highest BCUT2D eigenvalue weighted by Crippen LogP contribution is 2.35. The molecule has 1 aromatic carbocycles. The number of hydrogen-bond donors (Lipinski definition) is 1. The fraction of sp³-hybridized carbons (Fsp3) is 0.200. The first kappa shape index (κ1) is 20.3. The van der Waals surface area contributed by atoms with Crippen LogP contribution in [0.4, 0.5) is 18.9 Å². The Bertz CT molecular complexity index is 962. The van der Waals surface area contributed by atoms with Crippen LogP contribution in [-0.4, -0.2) is 45.0 Å². The van der Waals surface area contributed by atoms with Gasteiger partial charge in [0.05, 0.1) is 24.6 Å². The van der Waals surface area contributed by atoms with Crippen molar-refractivity contribution >= 4 is 21.7 Å². The van der Waals surface area contributed by atoms with Crippen molar-refractivity contribution in [2.45, 2.75) is 11.3 Å². The Morgan fingerprint density at radius 2 is 1.89 bits per heavy atom. The third-order valence-corrected chi connectivity index (χ3v) is 5.16. The van der Waals surface area contributed by atoms with Crippen LogP contribution < -0.4 is 13.8 Å². The summed E-state index contributed by atoms with van der Waals surface area (Å²) in [5, 5.41) is 8.98. The first-order valence-corrected chi connectivity index (χ1v) is 8.51. The molecule has 0 aliphatic rings. The van der Waals surface area contributed by atoms with E-state index in [1.165, 1.54) is 7.11 Å². The number of carboxylic acid groups (broad SMARTS) is 1. The minimum Gasteiger partial charge on any atom is -0.497 e. The molecule has 0 saturated carbocycles. The van der Waals surface area contributed by atoms with Crippen LogP contribution in [0.25, 0.3) is 0 Å². The Hall–Kier alpha value is -3.02. The lowest BCUT2D eigenvalue weighted by Gasteiger charge is -2.22. The van der Waals surface area contributed by atoms with Gasteiger partial charge in [0.1, 0.15) is 16.4 Å². The molecule has 1 aromatic heterocycles. The minimum atomic E-state index is -5.12. The Kier molecular flexibility index (Phi) is 5.49. The highest BCUT2D eigenvalue weighted by Gasteiger charge is 2.35. The summed E-state index contributed by atoms with van der Waals surface area (Å²) < 4.78 is 72.8. The number of sulfonamides is 1. The molecule has 0 amide bonds. The average molecular weight is 406 g/mol. The molecule has 1 heterocycles. The van der Waals surface area contributed by atoms with E-state index in [2.05, 4.69) is 9.72 Å². The molecular weight excluding hydrogens is 393 g/mol. The Balaban J connectivity index is 2.57. The van der Waals surface area contributed by atoms with Crippen molar-refractivity contribution in [3.63, 3.8) is 0 Å². The van der Waals surface area contributed by atoms with E-state index in [0.717, 1.165) is 43.7 Å². The standard InChI is InChI=1S/C15H13F3N2O6S/c1-20(10-5-9(14(21)22)7-19-8-10)27(23,24)13-6-11(25-2)3-4-12(13)26-15(16,17)18/h3-8H,1-2H3,(H,21,22). The average Bonchev–Trinajstić information content (AvgIpc) is 2.60. The van der Waals surface area contributed by atoms with Gasteiger partial charge in [-0.2, -0.15) is 0 Å². The molecule has 0 fully saturated rings. The fourth-order valence-corrected chi connectivity index (χ4v) is 3.33. The topological polar surface area (TPSA) is 106 Å². The van der Waals surface area contributed by atoms with Crippen LogP contribution in [0.5, 0.6) is 11.5 Å². The summed E-state index contributed by atoms with van der Waals surface area (Å²) in [5.41, 5.74) is -0.470. The van der Waals surface area contributed by atoms with E-state index in [0.29, 0.717) is 4.31 Å². The molecule has 0 unspecified atom stereocenters. The van der Waals surface area contributed by atoms with Gasteiger partial charge >= 0.3 is 12.3 Å². The van der Waals surface area contributed by atoms with Crippen LogP contribution >= 0.6 is 0 Å². The molecule has 2 aromatic rings. The van der Waals surface area contributed by atoms with Crippen LogP contribution in [0.2, 0.25) is 0 Å². The summed E-state index contributed by atoms with van der Waals surface area (Å²) in [4.78, 5) is 13.8. The van der Waals surface area contributed by atoms with Gasteiger partial charge < -0.3 is 14.6 Å². The van der Waals surface area contributed by atoms with E-state index in [-0.39, 0.29) is 17.0 Å². The second-order valence-electron chi connectivity index (χ2n) is 5.07. The smallest absolute Gasteiger partial charge is 0.497 e.